The number of benzene rings is 2. The van der Waals surface area contributed by atoms with Crippen molar-refractivity contribution in [2.75, 3.05) is 11.5 Å². The van der Waals surface area contributed by atoms with Crippen LogP contribution in [0.4, 0.5) is 11.4 Å². The highest BCUT2D eigenvalue weighted by Gasteiger charge is 2.37. The molecular formula is C19H29N2O2P3. The minimum absolute atomic E-state index is 0.497. The molecule has 4 atom stereocenters. The highest BCUT2D eigenvalue weighted by molar-refractivity contribution is 8.46. The second kappa shape index (κ2) is 8.96. The van der Waals surface area contributed by atoms with Crippen molar-refractivity contribution >= 4 is 41.8 Å². The van der Waals surface area contributed by atoms with E-state index < -0.39 is 24.9 Å². The number of nitrogens with two attached hydrogens (primary N) is 2. The van der Waals surface area contributed by atoms with Gasteiger partial charge in [-0.1, -0.05) is 18.2 Å². The van der Waals surface area contributed by atoms with Crippen molar-refractivity contribution in [3.05, 3.63) is 53.6 Å². The van der Waals surface area contributed by atoms with Gasteiger partial charge in [-0.2, -0.15) is 0 Å². The fourth-order valence-corrected chi connectivity index (χ4v) is 5.60. The molecule has 0 aliphatic rings. The van der Waals surface area contributed by atoms with E-state index in [2.05, 4.69) is 23.9 Å². The first-order valence-corrected chi connectivity index (χ1v) is 13.1. The molecule has 6 N–H and O–H groups in total. The van der Waals surface area contributed by atoms with Crippen molar-refractivity contribution in [3.63, 3.8) is 0 Å². The van der Waals surface area contributed by atoms with E-state index in [4.69, 9.17) is 11.5 Å². The lowest BCUT2D eigenvalue weighted by Gasteiger charge is -2.38. The van der Waals surface area contributed by atoms with Gasteiger partial charge in [-0.3, -0.25) is 0 Å². The number of anilines is 2. The van der Waals surface area contributed by atoms with Gasteiger partial charge in [-0.15, -0.1) is 17.9 Å². The minimum Gasteiger partial charge on any atom is -0.399 e. The monoisotopic (exact) mass is 410 g/mol. The lowest BCUT2D eigenvalue weighted by molar-refractivity contribution is 0.116. The SMILES string of the molecule is CC(O)CC(CC(C)O)(c1ccc(N)cc1)c1ccc(N)c(P(P)P)c1. The van der Waals surface area contributed by atoms with Gasteiger partial charge in [0.05, 0.1) is 12.2 Å². The van der Waals surface area contributed by atoms with Gasteiger partial charge in [-0.25, -0.2) is 0 Å². The second-order valence-corrected chi connectivity index (χ2v) is 13.4. The summed E-state index contributed by atoms with van der Waals surface area (Å²) in [6.07, 6.45) is -0.0604. The Labute approximate surface area is 161 Å². The first-order valence-electron chi connectivity index (χ1n) is 8.57. The van der Waals surface area contributed by atoms with E-state index in [9.17, 15) is 10.2 Å². The van der Waals surface area contributed by atoms with Crippen LogP contribution >= 0.6 is 25.2 Å². The van der Waals surface area contributed by atoms with Gasteiger partial charge in [-0.05, 0) is 69.4 Å². The van der Waals surface area contributed by atoms with Gasteiger partial charge in [0.1, 0.15) is 0 Å². The molecule has 0 fully saturated rings. The van der Waals surface area contributed by atoms with Crippen molar-refractivity contribution in [2.24, 2.45) is 0 Å². The lowest BCUT2D eigenvalue weighted by Crippen LogP contribution is -2.35. The quantitative estimate of drug-likeness (QED) is 0.416. The molecule has 0 spiro atoms. The molecule has 142 valence electrons. The van der Waals surface area contributed by atoms with Crippen LogP contribution in [0.15, 0.2) is 42.5 Å². The topological polar surface area (TPSA) is 92.5 Å². The van der Waals surface area contributed by atoms with Crippen molar-refractivity contribution in [1.29, 1.82) is 0 Å². The average molecular weight is 410 g/mol. The van der Waals surface area contributed by atoms with Crippen LogP contribution in [0, 0.1) is 0 Å². The summed E-state index contributed by atoms with van der Waals surface area (Å²) in [7, 11) is 5.08. The van der Waals surface area contributed by atoms with E-state index >= 15 is 0 Å². The van der Waals surface area contributed by atoms with Crippen LogP contribution in [0.2, 0.25) is 0 Å². The summed E-state index contributed by atoms with van der Waals surface area (Å²) in [5.74, 6) is 0. The van der Waals surface area contributed by atoms with Crippen LogP contribution in [-0.2, 0) is 5.41 Å². The molecule has 0 heterocycles. The number of aliphatic hydroxyl groups excluding tert-OH is 2. The number of hydrogen-bond acceptors (Lipinski definition) is 4. The summed E-state index contributed by atoms with van der Waals surface area (Å²) in [4.78, 5) is 0. The Kier molecular flexibility index (Phi) is 7.43. The summed E-state index contributed by atoms with van der Waals surface area (Å²) in [5.41, 5.74) is 15.0. The van der Waals surface area contributed by atoms with Crippen LogP contribution in [0.5, 0.6) is 0 Å². The molecule has 2 rings (SSSR count). The van der Waals surface area contributed by atoms with E-state index in [1.54, 1.807) is 13.8 Å². The third-order valence-electron chi connectivity index (χ3n) is 4.61. The van der Waals surface area contributed by atoms with E-state index in [0.29, 0.717) is 18.5 Å². The molecule has 2 aromatic carbocycles. The molecule has 0 aliphatic heterocycles. The van der Waals surface area contributed by atoms with Gasteiger partial charge in [0, 0.05) is 22.1 Å². The molecule has 0 saturated heterocycles. The zero-order valence-electron chi connectivity index (χ0n) is 15.3. The van der Waals surface area contributed by atoms with Gasteiger partial charge in [0.25, 0.3) is 0 Å². The first kappa shape index (κ1) is 21.5. The standard InChI is InChI=1S/C19H29N2O2P3/c1-12(22)10-19(11-13(2)23,14-3-6-16(20)7-4-14)15-5-8-17(21)18(9-15)26(24)25/h3-9,12-13,22-23H,10-11,20-21,24-25H2,1-2H3. The molecule has 0 saturated carbocycles. The highest BCUT2D eigenvalue weighted by Crippen LogP contribution is 2.53. The minimum atomic E-state index is -0.531. The van der Waals surface area contributed by atoms with E-state index in [0.717, 1.165) is 22.1 Å². The van der Waals surface area contributed by atoms with E-state index in [1.807, 2.05) is 36.4 Å². The maximum absolute atomic E-state index is 10.3. The Morgan fingerprint density at radius 2 is 1.42 bits per heavy atom. The molecular weight excluding hydrogens is 381 g/mol. The fraction of sp³-hybridized carbons (Fsp3) is 0.368. The Hall–Kier alpha value is -0.750. The Morgan fingerprint density at radius 1 is 0.923 bits per heavy atom. The van der Waals surface area contributed by atoms with Crippen molar-refractivity contribution in [1.82, 2.24) is 0 Å². The smallest absolute Gasteiger partial charge is 0.0523 e. The van der Waals surface area contributed by atoms with Gasteiger partial charge >= 0.3 is 0 Å². The van der Waals surface area contributed by atoms with E-state index in [1.165, 1.54) is 0 Å². The Balaban J connectivity index is 2.72. The van der Waals surface area contributed by atoms with Gasteiger partial charge < -0.3 is 21.7 Å². The largest absolute Gasteiger partial charge is 0.399 e. The number of hydrogen-bond donors (Lipinski definition) is 4. The van der Waals surface area contributed by atoms with Crippen LogP contribution in [0.1, 0.15) is 37.8 Å². The summed E-state index contributed by atoms with van der Waals surface area (Å²) < 4.78 is 0. The van der Waals surface area contributed by atoms with Gasteiger partial charge in [0.15, 0.2) is 0 Å². The third-order valence-corrected chi connectivity index (χ3v) is 7.22. The average Bonchev–Trinajstić information content (AvgIpc) is 2.54. The van der Waals surface area contributed by atoms with Crippen LogP contribution in [0.3, 0.4) is 0 Å². The lowest BCUT2D eigenvalue weighted by atomic mass is 9.67. The molecule has 2 aromatic rings. The molecule has 0 aliphatic carbocycles. The Morgan fingerprint density at radius 3 is 1.88 bits per heavy atom. The van der Waals surface area contributed by atoms with Gasteiger partial charge in [0.2, 0.25) is 0 Å². The summed E-state index contributed by atoms with van der Waals surface area (Å²) in [6, 6.07) is 13.7. The third kappa shape index (κ3) is 4.94. The second-order valence-electron chi connectivity index (χ2n) is 6.99. The molecule has 26 heavy (non-hydrogen) atoms. The van der Waals surface area contributed by atoms with Crippen LogP contribution in [-0.4, -0.2) is 22.4 Å². The van der Waals surface area contributed by atoms with Crippen LogP contribution < -0.4 is 16.8 Å². The normalized spacial score (nSPS) is 16.3. The molecule has 0 amide bonds. The molecule has 0 aromatic heterocycles. The maximum Gasteiger partial charge on any atom is 0.0523 e. The van der Waals surface area contributed by atoms with E-state index in [-0.39, 0.29) is 0 Å². The predicted octanol–water partition coefficient (Wildman–Crippen LogP) is 3.37. The highest BCUT2D eigenvalue weighted by atomic mass is 32.4. The fourth-order valence-electron chi connectivity index (χ4n) is 3.60. The number of rotatable bonds is 7. The first-order chi connectivity index (χ1) is 12.2. The Bertz CT molecular complexity index is 724. The summed E-state index contributed by atoms with van der Waals surface area (Å²) in [5, 5.41) is 21.6. The van der Waals surface area contributed by atoms with Crippen molar-refractivity contribution < 1.29 is 10.2 Å². The van der Waals surface area contributed by atoms with Crippen molar-refractivity contribution in [2.45, 2.75) is 44.3 Å². The zero-order chi connectivity index (χ0) is 19.5. The zero-order valence-corrected chi connectivity index (χ0v) is 18.5. The molecule has 4 nitrogen and oxygen atoms in total. The molecule has 0 radical (unpaired) electrons. The summed E-state index contributed by atoms with van der Waals surface area (Å²) in [6.45, 7) is 3.56. The summed E-state index contributed by atoms with van der Waals surface area (Å²) >= 11 is 0. The number of nitrogen functional groups attached to an aromatic ring is 2. The molecule has 7 heteroatoms. The van der Waals surface area contributed by atoms with Crippen LogP contribution in [0.25, 0.3) is 0 Å². The van der Waals surface area contributed by atoms with Crippen molar-refractivity contribution in [3.8, 4) is 0 Å². The predicted molar refractivity (Wildman–Crippen MR) is 121 cm³/mol. The molecule has 4 unspecified atom stereocenters. The number of aliphatic hydroxyl groups is 2. The molecule has 0 bridgehead atoms. The maximum atomic E-state index is 10.3.